The molecule has 2 aliphatic heterocycles. The number of nitrogens with two attached hydrogens (primary N) is 1. The van der Waals surface area contributed by atoms with Gasteiger partial charge in [-0.1, -0.05) is 6.07 Å². The van der Waals surface area contributed by atoms with Crippen LogP contribution in [0.4, 0.5) is 11.4 Å². The fourth-order valence-corrected chi connectivity index (χ4v) is 1.68. The number of hydrogen-bond acceptors (Lipinski definition) is 4. The van der Waals surface area contributed by atoms with Gasteiger partial charge < -0.3 is 15.2 Å². The third-order valence-electron chi connectivity index (χ3n) is 2.35. The Morgan fingerprint density at radius 3 is 2.79 bits per heavy atom. The quantitative estimate of drug-likeness (QED) is 0.630. The Morgan fingerprint density at radius 2 is 2.00 bits per heavy atom. The van der Waals surface area contributed by atoms with Gasteiger partial charge in [0.25, 0.3) is 0 Å². The molecule has 1 aromatic carbocycles. The third-order valence-corrected chi connectivity index (χ3v) is 2.35. The maximum Gasteiger partial charge on any atom is 0.317 e. The predicted molar refractivity (Wildman–Crippen MR) is 52.0 cm³/mol. The number of benzene rings is 1. The Bertz CT molecular complexity index is 443. The van der Waals surface area contributed by atoms with Gasteiger partial charge in [0.2, 0.25) is 0 Å². The van der Waals surface area contributed by atoms with E-state index in [4.69, 9.17) is 15.2 Å². The van der Waals surface area contributed by atoms with E-state index < -0.39 is 5.79 Å². The van der Waals surface area contributed by atoms with Gasteiger partial charge in [-0.15, -0.1) is 0 Å². The summed E-state index contributed by atoms with van der Waals surface area (Å²) in [5, 5.41) is 0. The first kappa shape index (κ1) is 7.44. The van der Waals surface area contributed by atoms with Crippen molar-refractivity contribution in [2.24, 2.45) is 4.99 Å². The first-order valence-corrected chi connectivity index (χ1v) is 4.27. The molecule has 70 valence electrons. The summed E-state index contributed by atoms with van der Waals surface area (Å²) in [6.45, 7) is 0. The highest BCUT2D eigenvalue weighted by Crippen LogP contribution is 2.43. The van der Waals surface area contributed by atoms with Crippen LogP contribution in [-0.4, -0.2) is 6.21 Å². The van der Waals surface area contributed by atoms with E-state index in [9.17, 15) is 0 Å². The molecule has 4 heteroatoms. The molecule has 2 aliphatic rings. The Kier molecular flexibility index (Phi) is 1.21. The number of para-hydroxylation sites is 1. The minimum absolute atomic E-state index is 0.634. The molecule has 2 N–H and O–H groups in total. The molecule has 0 saturated carbocycles. The average Bonchev–Trinajstić information content (AvgIpc) is 2.78. The Hall–Kier alpha value is -1.97. The Labute approximate surface area is 80.7 Å². The fraction of sp³-hybridized carbons (Fsp3) is 0.100. The molecular formula is C10H8N2O2. The largest absolute Gasteiger partial charge is 0.448 e. The number of aliphatic imine (C=N–C) groups is 1. The van der Waals surface area contributed by atoms with Gasteiger partial charge in [-0.25, -0.2) is 4.99 Å². The van der Waals surface area contributed by atoms with E-state index in [1.54, 1.807) is 12.3 Å². The molecule has 14 heavy (non-hydrogen) atoms. The Morgan fingerprint density at radius 1 is 1.21 bits per heavy atom. The van der Waals surface area contributed by atoms with Crippen LogP contribution >= 0.6 is 0 Å². The summed E-state index contributed by atoms with van der Waals surface area (Å²) in [6, 6.07) is 5.55. The highest BCUT2D eigenvalue weighted by atomic mass is 16.7. The lowest BCUT2D eigenvalue weighted by molar-refractivity contribution is -0.0787. The van der Waals surface area contributed by atoms with Gasteiger partial charge in [-0.05, 0) is 12.1 Å². The zero-order valence-corrected chi connectivity index (χ0v) is 7.31. The molecule has 3 rings (SSSR count). The maximum absolute atomic E-state index is 5.78. The number of nitrogen functional groups attached to an aromatic ring is 1. The first-order chi connectivity index (χ1) is 6.82. The van der Waals surface area contributed by atoms with E-state index in [-0.39, 0.29) is 0 Å². The zero-order valence-electron chi connectivity index (χ0n) is 7.31. The van der Waals surface area contributed by atoms with Crippen LogP contribution in [0.3, 0.4) is 0 Å². The average molecular weight is 188 g/mol. The summed E-state index contributed by atoms with van der Waals surface area (Å²) in [7, 11) is 0. The van der Waals surface area contributed by atoms with E-state index in [2.05, 4.69) is 4.99 Å². The first-order valence-electron chi connectivity index (χ1n) is 4.27. The summed E-state index contributed by atoms with van der Waals surface area (Å²) < 4.78 is 10.8. The van der Waals surface area contributed by atoms with Crippen molar-refractivity contribution in [3.8, 4) is 0 Å². The molecule has 2 heterocycles. The van der Waals surface area contributed by atoms with Gasteiger partial charge in [0, 0.05) is 0 Å². The smallest absolute Gasteiger partial charge is 0.317 e. The van der Waals surface area contributed by atoms with Crippen LogP contribution in [0, 0.1) is 0 Å². The van der Waals surface area contributed by atoms with E-state index in [0.717, 1.165) is 11.3 Å². The summed E-state index contributed by atoms with van der Waals surface area (Å²) in [4.78, 5) is 4.19. The highest BCUT2D eigenvalue weighted by molar-refractivity contribution is 5.87. The van der Waals surface area contributed by atoms with Crippen LogP contribution < -0.4 is 5.73 Å². The normalized spacial score (nSPS) is 19.4. The van der Waals surface area contributed by atoms with Gasteiger partial charge in [-0.2, -0.15) is 0 Å². The van der Waals surface area contributed by atoms with E-state index >= 15 is 0 Å². The fourth-order valence-electron chi connectivity index (χ4n) is 1.68. The number of fused-ring (bicyclic) bond motifs is 2. The van der Waals surface area contributed by atoms with Crippen LogP contribution in [0.15, 0.2) is 35.7 Å². The molecule has 0 aromatic heterocycles. The molecule has 0 saturated heterocycles. The number of ether oxygens (including phenoxy) is 2. The maximum atomic E-state index is 5.78. The monoisotopic (exact) mass is 188 g/mol. The van der Waals surface area contributed by atoms with E-state index in [1.807, 2.05) is 12.1 Å². The second kappa shape index (κ2) is 2.29. The lowest BCUT2D eigenvalue weighted by atomic mass is 10.1. The molecule has 0 amide bonds. The second-order valence-corrected chi connectivity index (χ2v) is 3.18. The molecule has 0 radical (unpaired) electrons. The standard InChI is InChI=1S/C10H8N2O2/c11-8-3-1-2-7-9(8)12-6-10(7)13-4-5-14-10/h1-6H,11H2. The summed E-state index contributed by atoms with van der Waals surface area (Å²) >= 11 is 0. The van der Waals surface area contributed by atoms with Crippen molar-refractivity contribution in [2.45, 2.75) is 5.79 Å². The van der Waals surface area contributed by atoms with Crippen LogP contribution in [0.2, 0.25) is 0 Å². The minimum atomic E-state index is -0.870. The number of hydrogen-bond donors (Lipinski definition) is 1. The van der Waals surface area contributed by atoms with Crippen molar-refractivity contribution < 1.29 is 9.47 Å². The second-order valence-electron chi connectivity index (χ2n) is 3.18. The van der Waals surface area contributed by atoms with Crippen molar-refractivity contribution in [3.63, 3.8) is 0 Å². The van der Waals surface area contributed by atoms with Crippen molar-refractivity contribution in [2.75, 3.05) is 5.73 Å². The molecule has 0 bridgehead atoms. The van der Waals surface area contributed by atoms with Crippen LogP contribution in [0.25, 0.3) is 0 Å². The lowest BCUT2D eigenvalue weighted by Gasteiger charge is -2.20. The van der Waals surface area contributed by atoms with Gasteiger partial charge in [0.05, 0.1) is 23.2 Å². The topological polar surface area (TPSA) is 56.8 Å². The van der Waals surface area contributed by atoms with Crippen LogP contribution in [-0.2, 0) is 15.3 Å². The van der Waals surface area contributed by atoms with Gasteiger partial charge >= 0.3 is 5.79 Å². The van der Waals surface area contributed by atoms with Gasteiger partial charge in [-0.3, -0.25) is 0 Å². The van der Waals surface area contributed by atoms with Crippen LogP contribution in [0.5, 0.6) is 0 Å². The van der Waals surface area contributed by atoms with Crippen molar-refractivity contribution in [3.05, 3.63) is 36.3 Å². The molecule has 4 nitrogen and oxygen atoms in total. The molecule has 0 aliphatic carbocycles. The summed E-state index contributed by atoms with van der Waals surface area (Å²) in [5.74, 6) is -0.870. The predicted octanol–water partition coefficient (Wildman–Crippen LogP) is 1.66. The number of rotatable bonds is 0. The third kappa shape index (κ3) is 0.750. The summed E-state index contributed by atoms with van der Waals surface area (Å²) in [5.41, 5.74) is 7.99. The van der Waals surface area contributed by atoms with Crippen molar-refractivity contribution >= 4 is 17.6 Å². The highest BCUT2D eigenvalue weighted by Gasteiger charge is 2.42. The molecule has 0 atom stereocenters. The summed E-state index contributed by atoms with van der Waals surface area (Å²) in [6.07, 6.45) is 4.63. The minimum Gasteiger partial charge on any atom is -0.448 e. The van der Waals surface area contributed by atoms with Crippen molar-refractivity contribution in [1.82, 2.24) is 0 Å². The molecule has 1 aromatic rings. The van der Waals surface area contributed by atoms with Crippen molar-refractivity contribution in [1.29, 1.82) is 0 Å². The molecule has 1 spiro atoms. The lowest BCUT2D eigenvalue weighted by Crippen LogP contribution is -2.25. The molecular weight excluding hydrogens is 180 g/mol. The SMILES string of the molecule is Nc1cccc2c1N=CC21OC=CO1. The van der Waals surface area contributed by atoms with E-state index in [0.29, 0.717) is 5.69 Å². The molecule has 0 unspecified atom stereocenters. The van der Waals surface area contributed by atoms with Crippen LogP contribution in [0.1, 0.15) is 5.56 Å². The van der Waals surface area contributed by atoms with E-state index in [1.165, 1.54) is 12.5 Å². The zero-order chi connectivity index (χ0) is 9.60. The number of nitrogens with zero attached hydrogens (tertiary/aromatic N) is 1. The number of anilines is 1. The van der Waals surface area contributed by atoms with Gasteiger partial charge in [0.1, 0.15) is 12.5 Å². The molecule has 0 fully saturated rings. The Balaban J connectivity index is 2.19. The van der Waals surface area contributed by atoms with Gasteiger partial charge in [0.15, 0.2) is 0 Å².